The van der Waals surface area contributed by atoms with Crippen molar-refractivity contribution >= 4 is 29.2 Å². The van der Waals surface area contributed by atoms with E-state index in [2.05, 4.69) is 5.32 Å². The van der Waals surface area contributed by atoms with Crippen LogP contribution in [-0.2, 0) is 4.79 Å². The molecule has 1 N–H and O–H groups in total. The van der Waals surface area contributed by atoms with Gasteiger partial charge in [0.2, 0.25) is 5.91 Å². The third-order valence-electron chi connectivity index (χ3n) is 2.91. The Bertz CT molecular complexity index is 445. The third kappa shape index (κ3) is 3.23. The van der Waals surface area contributed by atoms with Gasteiger partial charge in [-0.2, -0.15) is 0 Å². The van der Waals surface area contributed by atoms with Crippen molar-refractivity contribution < 1.29 is 9.59 Å². The molecule has 0 radical (unpaired) electrons. The Kier molecular flexibility index (Phi) is 4.20. The number of likely N-dealkylation sites (tertiary alicyclic amines) is 1. The van der Waals surface area contributed by atoms with Crippen LogP contribution in [0.5, 0.6) is 0 Å². The highest BCUT2D eigenvalue weighted by Crippen LogP contribution is 2.16. The maximum atomic E-state index is 12.0. The molecule has 5 heteroatoms. The first-order chi connectivity index (χ1) is 8.66. The lowest BCUT2D eigenvalue weighted by Gasteiger charge is -2.19. The van der Waals surface area contributed by atoms with Gasteiger partial charge >= 0.3 is 6.03 Å². The van der Waals surface area contributed by atoms with Gasteiger partial charge in [-0.25, -0.2) is 4.79 Å². The fraction of sp³-hybridized carbons (Fsp3) is 0.385. The lowest BCUT2D eigenvalue weighted by atomic mass is 10.2. The second kappa shape index (κ2) is 5.87. The molecule has 0 saturated carbocycles. The highest BCUT2D eigenvalue weighted by atomic mass is 35.5. The quantitative estimate of drug-likeness (QED) is 0.848. The summed E-state index contributed by atoms with van der Waals surface area (Å²) in [5.41, 5.74) is 0.640. The molecule has 0 unspecified atom stereocenters. The average molecular weight is 267 g/mol. The molecule has 3 amide bonds. The van der Waals surface area contributed by atoms with E-state index < -0.39 is 0 Å². The van der Waals surface area contributed by atoms with Gasteiger partial charge in [0.25, 0.3) is 0 Å². The summed E-state index contributed by atoms with van der Waals surface area (Å²) >= 11 is 5.76. The van der Waals surface area contributed by atoms with E-state index in [4.69, 9.17) is 11.6 Å². The van der Waals surface area contributed by atoms with Crippen molar-refractivity contribution in [1.82, 2.24) is 4.90 Å². The van der Waals surface area contributed by atoms with Crippen molar-refractivity contribution in [2.24, 2.45) is 0 Å². The van der Waals surface area contributed by atoms with Crippen LogP contribution >= 0.6 is 11.6 Å². The molecule has 1 saturated heterocycles. The van der Waals surface area contributed by atoms with E-state index in [0.717, 1.165) is 19.3 Å². The van der Waals surface area contributed by atoms with Gasteiger partial charge in [-0.1, -0.05) is 18.0 Å². The molecule has 96 valence electrons. The molecule has 1 heterocycles. The highest BCUT2D eigenvalue weighted by molar-refractivity contribution is 6.30. The van der Waals surface area contributed by atoms with Crippen molar-refractivity contribution in [1.29, 1.82) is 0 Å². The SMILES string of the molecule is O=C1CCCCCN1C(=O)Nc1ccc(Cl)cc1. The average Bonchev–Trinajstić information content (AvgIpc) is 2.57. The number of hydrogen-bond donors (Lipinski definition) is 1. The standard InChI is InChI=1S/C13H15ClN2O2/c14-10-5-7-11(8-6-10)15-13(18)16-9-3-1-2-4-12(16)17/h5-8H,1-4,9H2,(H,15,18). The number of imide groups is 1. The van der Waals surface area contributed by atoms with E-state index >= 15 is 0 Å². The van der Waals surface area contributed by atoms with Crippen LogP contribution in [0.25, 0.3) is 0 Å². The summed E-state index contributed by atoms with van der Waals surface area (Å²) < 4.78 is 0. The Morgan fingerprint density at radius 3 is 2.61 bits per heavy atom. The summed E-state index contributed by atoms with van der Waals surface area (Å²) in [6.45, 7) is 0.498. The number of urea groups is 1. The van der Waals surface area contributed by atoms with Gasteiger partial charge in [-0.3, -0.25) is 9.69 Å². The molecular formula is C13H15ClN2O2. The molecule has 18 heavy (non-hydrogen) atoms. The summed E-state index contributed by atoms with van der Waals surface area (Å²) in [6.07, 6.45) is 3.19. The van der Waals surface area contributed by atoms with E-state index in [-0.39, 0.29) is 11.9 Å². The summed E-state index contributed by atoms with van der Waals surface area (Å²) in [5.74, 6) is -0.0982. The van der Waals surface area contributed by atoms with Crippen LogP contribution in [-0.4, -0.2) is 23.4 Å². The van der Waals surface area contributed by atoms with E-state index in [1.807, 2.05) is 0 Å². The normalized spacial score (nSPS) is 16.3. The molecule has 0 bridgehead atoms. The maximum Gasteiger partial charge on any atom is 0.328 e. The van der Waals surface area contributed by atoms with Gasteiger partial charge in [0.15, 0.2) is 0 Å². The van der Waals surface area contributed by atoms with Crippen LogP contribution in [0.2, 0.25) is 5.02 Å². The molecule has 4 nitrogen and oxygen atoms in total. The fourth-order valence-electron chi connectivity index (χ4n) is 1.92. The molecule has 2 rings (SSSR count). The molecule has 1 aromatic rings. The van der Waals surface area contributed by atoms with Crippen molar-refractivity contribution in [3.63, 3.8) is 0 Å². The lowest BCUT2D eigenvalue weighted by Crippen LogP contribution is -2.39. The molecule has 1 fully saturated rings. The maximum absolute atomic E-state index is 12.0. The van der Waals surface area contributed by atoms with Gasteiger partial charge in [-0.05, 0) is 37.1 Å². The minimum atomic E-state index is -0.357. The second-order valence-electron chi connectivity index (χ2n) is 4.29. The van der Waals surface area contributed by atoms with Crippen LogP contribution in [0, 0.1) is 0 Å². The smallest absolute Gasteiger partial charge is 0.307 e. The van der Waals surface area contributed by atoms with Crippen molar-refractivity contribution in [2.45, 2.75) is 25.7 Å². The van der Waals surface area contributed by atoms with Gasteiger partial charge in [0.05, 0.1) is 0 Å². The van der Waals surface area contributed by atoms with Gasteiger partial charge in [0, 0.05) is 23.7 Å². The zero-order valence-electron chi connectivity index (χ0n) is 9.99. The Hall–Kier alpha value is -1.55. The first-order valence-corrected chi connectivity index (χ1v) is 6.41. The number of nitrogens with one attached hydrogen (secondary N) is 1. The Balaban J connectivity index is 2.02. The summed E-state index contributed by atoms with van der Waals surface area (Å²) in [7, 11) is 0. The zero-order valence-corrected chi connectivity index (χ0v) is 10.7. The van der Waals surface area contributed by atoms with Gasteiger partial charge in [-0.15, -0.1) is 0 Å². The summed E-state index contributed by atoms with van der Waals surface area (Å²) in [4.78, 5) is 25.0. The predicted octanol–water partition coefficient (Wildman–Crippen LogP) is 3.27. The number of halogens is 1. The minimum absolute atomic E-state index is 0.0982. The number of amides is 3. The number of anilines is 1. The first kappa shape index (κ1) is 12.9. The van der Waals surface area contributed by atoms with Crippen LogP contribution < -0.4 is 5.32 Å². The van der Waals surface area contributed by atoms with Crippen LogP contribution in [0.3, 0.4) is 0 Å². The second-order valence-corrected chi connectivity index (χ2v) is 4.73. The largest absolute Gasteiger partial charge is 0.328 e. The van der Waals surface area contributed by atoms with E-state index in [0.29, 0.717) is 23.7 Å². The third-order valence-corrected chi connectivity index (χ3v) is 3.17. The number of carbonyl (C=O) groups excluding carboxylic acids is 2. The molecule has 0 atom stereocenters. The fourth-order valence-corrected chi connectivity index (χ4v) is 2.05. The number of rotatable bonds is 1. The van der Waals surface area contributed by atoms with Crippen LogP contribution in [0.4, 0.5) is 10.5 Å². The van der Waals surface area contributed by atoms with Crippen LogP contribution in [0.1, 0.15) is 25.7 Å². The van der Waals surface area contributed by atoms with Crippen molar-refractivity contribution in [3.8, 4) is 0 Å². The Labute approximate surface area is 111 Å². The molecular weight excluding hydrogens is 252 g/mol. The van der Waals surface area contributed by atoms with Crippen LogP contribution in [0.15, 0.2) is 24.3 Å². The number of benzene rings is 1. The van der Waals surface area contributed by atoms with Gasteiger partial charge < -0.3 is 5.32 Å². The van der Waals surface area contributed by atoms with E-state index in [1.54, 1.807) is 24.3 Å². The van der Waals surface area contributed by atoms with E-state index in [9.17, 15) is 9.59 Å². The number of carbonyl (C=O) groups is 2. The molecule has 0 aliphatic carbocycles. The highest BCUT2D eigenvalue weighted by Gasteiger charge is 2.22. The molecule has 1 aliphatic heterocycles. The van der Waals surface area contributed by atoms with Crippen molar-refractivity contribution in [3.05, 3.63) is 29.3 Å². The summed E-state index contributed by atoms with van der Waals surface area (Å²) in [5, 5.41) is 3.31. The predicted molar refractivity (Wildman–Crippen MR) is 70.7 cm³/mol. The summed E-state index contributed by atoms with van der Waals surface area (Å²) in [6, 6.07) is 6.46. The zero-order chi connectivity index (χ0) is 13.0. The topological polar surface area (TPSA) is 49.4 Å². The molecule has 1 aromatic carbocycles. The lowest BCUT2D eigenvalue weighted by molar-refractivity contribution is -0.127. The van der Waals surface area contributed by atoms with Crippen molar-refractivity contribution in [2.75, 3.05) is 11.9 Å². The minimum Gasteiger partial charge on any atom is -0.307 e. The Morgan fingerprint density at radius 1 is 1.17 bits per heavy atom. The first-order valence-electron chi connectivity index (χ1n) is 6.04. The van der Waals surface area contributed by atoms with E-state index in [1.165, 1.54) is 4.90 Å². The molecule has 1 aliphatic rings. The molecule has 0 aromatic heterocycles. The van der Waals surface area contributed by atoms with Gasteiger partial charge in [0.1, 0.15) is 0 Å². The Morgan fingerprint density at radius 2 is 1.89 bits per heavy atom. The molecule has 0 spiro atoms. The monoisotopic (exact) mass is 266 g/mol. The number of hydrogen-bond acceptors (Lipinski definition) is 2. The number of nitrogens with zero attached hydrogens (tertiary/aromatic N) is 1.